The molecule has 30 heavy (non-hydrogen) atoms. The van der Waals surface area contributed by atoms with Crippen LogP contribution in [0.5, 0.6) is 0 Å². The number of aromatic nitrogens is 1. The molecule has 0 saturated carbocycles. The van der Waals surface area contributed by atoms with Crippen molar-refractivity contribution in [2.24, 2.45) is 5.92 Å². The van der Waals surface area contributed by atoms with Crippen molar-refractivity contribution < 1.29 is 22.0 Å². The van der Waals surface area contributed by atoms with E-state index in [2.05, 4.69) is 5.32 Å². The first-order valence-corrected chi connectivity index (χ1v) is 11.1. The highest BCUT2D eigenvalue weighted by Gasteiger charge is 2.31. The third-order valence-electron chi connectivity index (χ3n) is 4.91. The normalized spacial score (nSPS) is 11.8. The van der Waals surface area contributed by atoms with Crippen molar-refractivity contribution in [2.75, 3.05) is 5.32 Å². The van der Waals surface area contributed by atoms with Gasteiger partial charge in [-0.1, -0.05) is 13.8 Å². The summed E-state index contributed by atoms with van der Waals surface area (Å²) in [4.78, 5) is 12.5. The first kappa shape index (κ1) is 21.8. The fraction of sp³-hybridized carbons (Fsp3) is 0.318. The molecule has 0 unspecified atom stereocenters. The lowest BCUT2D eigenvalue weighted by molar-refractivity contribution is -0.116. The molecule has 1 N–H and O–H groups in total. The van der Waals surface area contributed by atoms with Crippen LogP contribution in [0.3, 0.4) is 0 Å². The van der Waals surface area contributed by atoms with Gasteiger partial charge in [-0.05, 0) is 61.7 Å². The molecule has 8 heteroatoms. The van der Waals surface area contributed by atoms with E-state index >= 15 is 0 Å². The van der Waals surface area contributed by atoms with Gasteiger partial charge in [-0.3, -0.25) is 4.79 Å². The minimum Gasteiger partial charge on any atom is -0.467 e. The lowest BCUT2D eigenvalue weighted by atomic mass is 10.1. The van der Waals surface area contributed by atoms with Crippen molar-refractivity contribution in [3.05, 3.63) is 65.5 Å². The van der Waals surface area contributed by atoms with Crippen molar-refractivity contribution in [3.8, 4) is 0 Å². The maximum atomic E-state index is 13.4. The number of rotatable bonds is 7. The summed E-state index contributed by atoms with van der Waals surface area (Å²) < 4.78 is 47.4. The number of carbonyl (C=O) groups is 1. The molecule has 1 amide bonds. The number of hydrogen-bond acceptors (Lipinski definition) is 4. The Balaban J connectivity index is 2.17. The lowest BCUT2D eigenvalue weighted by Gasteiger charge is -2.14. The van der Waals surface area contributed by atoms with E-state index in [9.17, 15) is 17.6 Å². The molecule has 1 aromatic carbocycles. The second-order valence-corrected chi connectivity index (χ2v) is 9.54. The van der Waals surface area contributed by atoms with Gasteiger partial charge < -0.3 is 14.3 Å². The fourth-order valence-electron chi connectivity index (χ4n) is 3.33. The van der Waals surface area contributed by atoms with Crippen molar-refractivity contribution in [3.63, 3.8) is 0 Å². The van der Waals surface area contributed by atoms with Gasteiger partial charge in [-0.15, -0.1) is 0 Å². The number of amides is 1. The van der Waals surface area contributed by atoms with Gasteiger partial charge in [-0.25, -0.2) is 12.8 Å². The van der Waals surface area contributed by atoms with Crippen LogP contribution in [-0.2, 0) is 21.2 Å². The van der Waals surface area contributed by atoms with Crippen LogP contribution in [0.15, 0.2) is 56.9 Å². The molecule has 0 aliphatic carbocycles. The molecule has 0 radical (unpaired) electrons. The van der Waals surface area contributed by atoms with E-state index in [0.717, 1.165) is 12.1 Å². The molecule has 0 fully saturated rings. The molecule has 0 bridgehead atoms. The average Bonchev–Trinajstić information content (AvgIpc) is 3.24. The van der Waals surface area contributed by atoms with Gasteiger partial charge in [0.15, 0.2) is 0 Å². The highest BCUT2D eigenvalue weighted by molar-refractivity contribution is 7.91. The van der Waals surface area contributed by atoms with Gasteiger partial charge in [0.05, 0.1) is 17.7 Å². The number of hydrogen-bond donors (Lipinski definition) is 1. The molecule has 3 aromatic rings. The summed E-state index contributed by atoms with van der Waals surface area (Å²) in [6, 6.07) is 8.18. The zero-order valence-corrected chi connectivity index (χ0v) is 18.2. The quantitative estimate of drug-likeness (QED) is 0.549. The van der Waals surface area contributed by atoms with Gasteiger partial charge in [0.25, 0.3) is 0 Å². The molecule has 6 nitrogen and oxygen atoms in total. The molecular formula is C22H25FN2O4S. The molecule has 0 atom stereocenters. The summed E-state index contributed by atoms with van der Waals surface area (Å²) in [5, 5.41) is 2.80. The van der Waals surface area contributed by atoms with E-state index < -0.39 is 15.7 Å². The van der Waals surface area contributed by atoms with Crippen LogP contribution in [0, 0.1) is 25.6 Å². The van der Waals surface area contributed by atoms with E-state index in [1.807, 2.05) is 13.8 Å². The Kier molecular flexibility index (Phi) is 6.17. The minimum atomic E-state index is -4.00. The lowest BCUT2D eigenvalue weighted by Crippen LogP contribution is -2.19. The summed E-state index contributed by atoms with van der Waals surface area (Å²) in [5.41, 5.74) is 1.21. The monoisotopic (exact) mass is 432 g/mol. The van der Waals surface area contributed by atoms with Crippen LogP contribution in [0.2, 0.25) is 0 Å². The summed E-state index contributed by atoms with van der Waals surface area (Å²) in [6.45, 7) is 7.57. The molecule has 0 saturated heterocycles. The van der Waals surface area contributed by atoms with Crippen LogP contribution < -0.4 is 5.32 Å². The number of sulfone groups is 1. The highest BCUT2D eigenvalue weighted by Crippen LogP contribution is 2.36. The van der Waals surface area contributed by atoms with Crippen LogP contribution >= 0.6 is 0 Å². The zero-order valence-electron chi connectivity index (χ0n) is 17.4. The molecule has 160 valence electrons. The second kappa shape index (κ2) is 8.47. The first-order valence-electron chi connectivity index (χ1n) is 9.63. The summed E-state index contributed by atoms with van der Waals surface area (Å²) >= 11 is 0. The Morgan fingerprint density at radius 2 is 1.83 bits per heavy atom. The Labute approximate surface area is 175 Å². The largest absolute Gasteiger partial charge is 0.467 e. The maximum Gasteiger partial charge on any atom is 0.225 e. The Morgan fingerprint density at radius 3 is 2.40 bits per heavy atom. The van der Waals surface area contributed by atoms with Gasteiger partial charge in [0.2, 0.25) is 15.7 Å². The van der Waals surface area contributed by atoms with Crippen molar-refractivity contribution in [2.45, 2.75) is 50.5 Å². The van der Waals surface area contributed by atoms with Crippen LogP contribution in [0.25, 0.3) is 0 Å². The van der Waals surface area contributed by atoms with Gasteiger partial charge >= 0.3 is 0 Å². The van der Waals surface area contributed by atoms with Gasteiger partial charge in [0.1, 0.15) is 22.3 Å². The predicted octanol–water partition coefficient (Wildman–Crippen LogP) is 4.70. The Morgan fingerprint density at radius 1 is 1.17 bits per heavy atom. The number of halogens is 1. The SMILES string of the molecule is Cc1c(S(=O)(=O)c2ccc(F)cc2)c(NC(=O)CC(C)C)n(Cc2ccco2)c1C. The molecule has 0 aliphatic rings. The fourth-order valence-corrected chi connectivity index (χ4v) is 5.03. The number of nitrogens with one attached hydrogen (secondary N) is 1. The number of furan rings is 1. The first-order chi connectivity index (χ1) is 14.1. The molecule has 3 rings (SSSR count). The molecular weight excluding hydrogens is 407 g/mol. The van der Waals surface area contributed by atoms with E-state index in [1.165, 1.54) is 18.4 Å². The zero-order chi connectivity index (χ0) is 22.1. The second-order valence-electron chi connectivity index (χ2n) is 7.66. The van der Waals surface area contributed by atoms with E-state index in [0.29, 0.717) is 17.0 Å². The number of anilines is 1. The van der Waals surface area contributed by atoms with Crippen LogP contribution in [-0.4, -0.2) is 18.9 Å². The van der Waals surface area contributed by atoms with Crippen molar-refractivity contribution in [1.29, 1.82) is 0 Å². The third kappa shape index (κ3) is 4.33. The molecule has 2 heterocycles. The van der Waals surface area contributed by atoms with Gasteiger partial charge in [0, 0.05) is 12.1 Å². The smallest absolute Gasteiger partial charge is 0.225 e. The topological polar surface area (TPSA) is 81.3 Å². The van der Waals surface area contributed by atoms with Gasteiger partial charge in [-0.2, -0.15) is 0 Å². The number of benzene rings is 1. The summed E-state index contributed by atoms with van der Waals surface area (Å²) in [7, 11) is -4.00. The predicted molar refractivity (Wildman–Crippen MR) is 112 cm³/mol. The van der Waals surface area contributed by atoms with Crippen LogP contribution in [0.4, 0.5) is 10.2 Å². The summed E-state index contributed by atoms with van der Waals surface area (Å²) in [5.74, 6) is 0.119. The standard InChI is InChI=1S/C22H25FN2O4S/c1-14(2)12-20(26)24-22-21(30(27,28)19-9-7-17(23)8-10-19)15(3)16(4)25(22)13-18-6-5-11-29-18/h5-11,14H,12-13H2,1-4H3,(H,24,26). The molecule has 0 aliphatic heterocycles. The molecule has 0 spiro atoms. The van der Waals surface area contributed by atoms with Crippen LogP contribution in [0.1, 0.15) is 37.3 Å². The number of nitrogens with zero attached hydrogens (tertiary/aromatic N) is 1. The third-order valence-corrected chi connectivity index (χ3v) is 6.84. The minimum absolute atomic E-state index is 0.00951. The van der Waals surface area contributed by atoms with E-state index in [-0.39, 0.29) is 40.4 Å². The Hall–Kier alpha value is -2.87. The summed E-state index contributed by atoms with van der Waals surface area (Å²) in [6.07, 6.45) is 1.79. The Bertz CT molecular complexity index is 1140. The van der Waals surface area contributed by atoms with Crippen molar-refractivity contribution in [1.82, 2.24) is 4.57 Å². The van der Waals surface area contributed by atoms with E-state index in [1.54, 1.807) is 30.5 Å². The highest BCUT2D eigenvalue weighted by atomic mass is 32.2. The number of carbonyl (C=O) groups excluding carboxylic acids is 1. The average molecular weight is 433 g/mol. The van der Waals surface area contributed by atoms with E-state index in [4.69, 9.17) is 4.42 Å². The molecule has 2 aromatic heterocycles. The maximum absolute atomic E-state index is 13.4. The van der Waals surface area contributed by atoms with Crippen molar-refractivity contribution >= 4 is 21.6 Å².